The highest BCUT2D eigenvalue weighted by Crippen LogP contribution is 2.15. The summed E-state index contributed by atoms with van der Waals surface area (Å²) in [4.78, 5) is 34.9. The van der Waals surface area contributed by atoms with Crippen molar-refractivity contribution >= 4 is 18.0 Å². The SMILES string of the molecule is CC/C=C/C/C=C/C/C=C/C/C=C/C/C=C/CCCC(=O)OC(C)OC(=O)NC[C@@H](CC(=O)O)CC(C)C. The van der Waals surface area contributed by atoms with Gasteiger partial charge in [0.1, 0.15) is 0 Å². The number of carboxylic acids is 1. The van der Waals surface area contributed by atoms with E-state index in [4.69, 9.17) is 14.6 Å². The van der Waals surface area contributed by atoms with Gasteiger partial charge in [-0.2, -0.15) is 0 Å². The van der Waals surface area contributed by atoms with Gasteiger partial charge in [-0.3, -0.25) is 9.59 Å². The van der Waals surface area contributed by atoms with Gasteiger partial charge in [-0.15, -0.1) is 0 Å². The number of hydrogen-bond donors (Lipinski definition) is 2. The fourth-order valence-electron chi connectivity index (χ4n) is 3.57. The minimum absolute atomic E-state index is 0.0269. The van der Waals surface area contributed by atoms with Gasteiger partial charge in [-0.1, -0.05) is 81.5 Å². The number of carbonyl (C=O) groups excluding carboxylic acids is 2. The Morgan fingerprint density at radius 1 is 0.789 bits per heavy atom. The van der Waals surface area contributed by atoms with Gasteiger partial charge in [0.05, 0.1) is 0 Å². The van der Waals surface area contributed by atoms with Crippen LogP contribution in [0.25, 0.3) is 0 Å². The van der Waals surface area contributed by atoms with Crippen molar-refractivity contribution in [1.29, 1.82) is 0 Å². The summed E-state index contributed by atoms with van der Waals surface area (Å²) in [6.07, 6.45) is 26.8. The van der Waals surface area contributed by atoms with Crippen molar-refractivity contribution in [3.63, 3.8) is 0 Å². The minimum atomic E-state index is -1.01. The average Bonchev–Trinajstić information content (AvgIpc) is 2.83. The van der Waals surface area contributed by atoms with Crippen molar-refractivity contribution < 1.29 is 29.0 Å². The molecule has 1 unspecified atom stereocenters. The lowest BCUT2D eigenvalue weighted by Gasteiger charge is -2.19. The van der Waals surface area contributed by atoms with Crippen LogP contribution in [0.5, 0.6) is 0 Å². The van der Waals surface area contributed by atoms with Crippen LogP contribution in [0.3, 0.4) is 0 Å². The van der Waals surface area contributed by atoms with Crippen LogP contribution in [0.2, 0.25) is 0 Å². The maximum atomic E-state index is 12.0. The Kier molecular flexibility index (Phi) is 22.3. The summed E-state index contributed by atoms with van der Waals surface area (Å²) in [5, 5.41) is 11.6. The summed E-state index contributed by atoms with van der Waals surface area (Å²) in [5.41, 5.74) is 0. The number of carboxylic acid groups (broad SMARTS) is 1. The van der Waals surface area contributed by atoms with Gasteiger partial charge < -0.3 is 19.9 Å². The van der Waals surface area contributed by atoms with Crippen molar-refractivity contribution in [2.45, 2.75) is 98.2 Å². The third-order valence-corrected chi connectivity index (χ3v) is 5.28. The standard InChI is InChI=1S/C31H49NO6/c1-5-6-7-8-9-10-11-12-13-14-15-16-17-18-19-20-21-22-30(35)37-27(4)38-31(36)32-25-28(23-26(2)3)24-29(33)34/h6-7,9-10,12-13,15-16,18-19,26-28H,5,8,11,14,17,20-25H2,1-4H3,(H,32,36)(H,33,34)/b7-6+,10-9+,13-12+,16-15+,19-18+/t27?,28-/m1/s1. The van der Waals surface area contributed by atoms with E-state index < -0.39 is 24.3 Å². The monoisotopic (exact) mass is 531 g/mol. The number of carbonyl (C=O) groups is 3. The Labute approximate surface area is 229 Å². The van der Waals surface area contributed by atoms with Gasteiger partial charge in [0.15, 0.2) is 0 Å². The molecule has 2 N–H and O–H groups in total. The number of hydrogen-bond acceptors (Lipinski definition) is 5. The summed E-state index contributed by atoms with van der Waals surface area (Å²) in [6.45, 7) is 7.80. The van der Waals surface area contributed by atoms with E-state index >= 15 is 0 Å². The number of rotatable bonds is 21. The first-order valence-corrected chi connectivity index (χ1v) is 13.8. The molecule has 7 nitrogen and oxygen atoms in total. The fourth-order valence-corrected chi connectivity index (χ4v) is 3.57. The van der Waals surface area contributed by atoms with Crippen LogP contribution in [0.4, 0.5) is 4.79 Å². The number of aliphatic carboxylic acids is 1. The molecule has 2 atom stereocenters. The number of unbranched alkanes of at least 4 members (excludes halogenated alkanes) is 1. The van der Waals surface area contributed by atoms with E-state index in [1.54, 1.807) is 0 Å². The summed E-state index contributed by atoms with van der Waals surface area (Å²) in [5.74, 6) is -1.21. The first-order valence-electron chi connectivity index (χ1n) is 13.8. The zero-order chi connectivity index (χ0) is 28.4. The quantitative estimate of drug-likeness (QED) is 0.0682. The second-order valence-corrected chi connectivity index (χ2v) is 9.54. The third kappa shape index (κ3) is 24.6. The zero-order valence-electron chi connectivity index (χ0n) is 23.8. The van der Waals surface area contributed by atoms with Crippen molar-refractivity contribution in [3.8, 4) is 0 Å². The second kappa shape index (κ2) is 24.3. The summed E-state index contributed by atoms with van der Waals surface area (Å²) >= 11 is 0. The molecule has 0 aliphatic rings. The molecule has 0 aromatic carbocycles. The molecule has 0 heterocycles. The maximum Gasteiger partial charge on any atom is 0.410 e. The van der Waals surface area contributed by atoms with Crippen LogP contribution in [-0.2, 0) is 19.1 Å². The Hall–Kier alpha value is -3.09. The Balaban J connectivity index is 3.92. The van der Waals surface area contributed by atoms with Crippen LogP contribution in [0, 0.1) is 11.8 Å². The van der Waals surface area contributed by atoms with Crippen molar-refractivity contribution in [3.05, 3.63) is 60.8 Å². The third-order valence-electron chi connectivity index (χ3n) is 5.28. The van der Waals surface area contributed by atoms with E-state index in [2.05, 4.69) is 66.9 Å². The first-order chi connectivity index (χ1) is 18.2. The van der Waals surface area contributed by atoms with Gasteiger partial charge in [0.2, 0.25) is 6.29 Å². The number of ether oxygens (including phenoxy) is 2. The molecule has 38 heavy (non-hydrogen) atoms. The summed E-state index contributed by atoms with van der Waals surface area (Å²) in [7, 11) is 0. The topological polar surface area (TPSA) is 102 Å². The van der Waals surface area contributed by atoms with Gasteiger partial charge in [0.25, 0.3) is 0 Å². The highest BCUT2D eigenvalue weighted by molar-refractivity contribution is 5.70. The van der Waals surface area contributed by atoms with Crippen LogP contribution in [0.15, 0.2) is 60.8 Å². The lowest BCUT2D eigenvalue weighted by Crippen LogP contribution is -2.34. The lowest BCUT2D eigenvalue weighted by atomic mass is 9.94. The Morgan fingerprint density at radius 2 is 1.32 bits per heavy atom. The number of alkyl carbamates (subject to hydrolysis) is 1. The van der Waals surface area contributed by atoms with E-state index in [1.807, 2.05) is 19.9 Å². The molecule has 1 amide bonds. The molecule has 0 aliphatic heterocycles. The molecule has 7 heteroatoms. The fraction of sp³-hybridized carbons (Fsp3) is 0.581. The molecule has 0 radical (unpaired) electrons. The lowest BCUT2D eigenvalue weighted by molar-refractivity contribution is -0.165. The van der Waals surface area contributed by atoms with Crippen LogP contribution in [-0.4, -0.2) is 36.0 Å². The molecule has 0 rings (SSSR count). The van der Waals surface area contributed by atoms with E-state index in [0.717, 1.165) is 38.5 Å². The van der Waals surface area contributed by atoms with Gasteiger partial charge in [0, 0.05) is 26.3 Å². The van der Waals surface area contributed by atoms with Gasteiger partial charge >= 0.3 is 18.0 Å². The van der Waals surface area contributed by atoms with E-state index in [-0.39, 0.29) is 25.3 Å². The molecule has 0 bridgehead atoms. The molecule has 0 saturated carbocycles. The highest BCUT2D eigenvalue weighted by atomic mass is 16.7. The molecular weight excluding hydrogens is 482 g/mol. The van der Waals surface area contributed by atoms with E-state index in [0.29, 0.717) is 18.8 Å². The number of nitrogens with one attached hydrogen (secondary N) is 1. The minimum Gasteiger partial charge on any atom is -0.481 e. The number of esters is 1. The van der Waals surface area contributed by atoms with Crippen LogP contribution < -0.4 is 5.32 Å². The second-order valence-electron chi connectivity index (χ2n) is 9.54. The van der Waals surface area contributed by atoms with Crippen LogP contribution in [0.1, 0.15) is 91.9 Å². The number of amides is 1. The molecule has 0 aliphatic carbocycles. The summed E-state index contributed by atoms with van der Waals surface area (Å²) in [6, 6.07) is 0. The van der Waals surface area contributed by atoms with Crippen molar-refractivity contribution in [2.24, 2.45) is 11.8 Å². The largest absolute Gasteiger partial charge is 0.481 e. The van der Waals surface area contributed by atoms with E-state index in [1.165, 1.54) is 6.92 Å². The maximum absolute atomic E-state index is 12.0. The molecule has 214 valence electrons. The Bertz CT molecular complexity index is 794. The van der Waals surface area contributed by atoms with Gasteiger partial charge in [-0.25, -0.2) is 4.79 Å². The smallest absolute Gasteiger partial charge is 0.410 e. The molecule has 0 spiro atoms. The first kappa shape index (κ1) is 34.9. The number of allylic oxidation sites excluding steroid dienone is 10. The predicted octanol–water partition coefficient (Wildman–Crippen LogP) is 7.66. The zero-order valence-corrected chi connectivity index (χ0v) is 23.8. The average molecular weight is 532 g/mol. The molecular formula is C31H49NO6. The normalized spacial score (nSPS) is 13.8. The van der Waals surface area contributed by atoms with Crippen LogP contribution >= 0.6 is 0 Å². The molecule has 0 aromatic rings. The molecule has 0 aromatic heterocycles. The van der Waals surface area contributed by atoms with Crippen molar-refractivity contribution in [2.75, 3.05) is 6.54 Å². The predicted molar refractivity (Wildman–Crippen MR) is 154 cm³/mol. The van der Waals surface area contributed by atoms with Crippen molar-refractivity contribution in [1.82, 2.24) is 5.32 Å². The highest BCUT2D eigenvalue weighted by Gasteiger charge is 2.18. The Morgan fingerprint density at radius 3 is 1.82 bits per heavy atom. The molecule has 0 fully saturated rings. The summed E-state index contributed by atoms with van der Waals surface area (Å²) < 4.78 is 10.2. The van der Waals surface area contributed by atoms with E-state index in [9.17, 15) is 14.4 Å². The van der Waals surface area contributed by atoms with Gasteiger partial charge in [-0.05, 0) is 63.2 Å². The molecule has 0 saturated heterocycles.